The molecule has 1 amide bonds. The average Bonchev–Trinajstić information content (AvgIpc) is 2.83. The average molecular weight is 480 g/mol. The van der Waals surface area contributed by atoms with Crippen molar-refractivity contribution in [2.75, 3.05) is 24.2 Å². The van der Waals surface area contributed by atoms with Crippen LogP contribution in [-0.4, -0.2) is 29.5 Å². The number of hydrogen-bond donors (Lipinski definition) is 3. The van der Waals surface area contributed by atoms with Gasteiger partial charge in [0.05, 0.1) is 10.5 Å². The Morgan fingerprint density at radius 2 is 1.91 bits per heavy atom. The van der Waals surface area contributed by atoms with Crippen LogP contribution in [0.1, 0.15) is 12.0 Å². The smallest absolute Gasteiger partial charge is 0.225 e. The van der Waals surface area contributed by atoms with Crippen molar-refractivity contribution >= 4 is 45.6 Å². The number of halogens is 2. The summed E-state index contributed by atoms with van der Waals surface area (Å²) in [5.74, 6) is 0.654. The molecule has 0 saturated carbocycles. The maximum Gasteiger partial charge on any atom is 0.225 e. The first kappa shape index (κ1) is 23.4. The van der Waals surface area contributed by atoms with Crippen molar-refractivity contribution in [3.8, 4) is 5.75 Å². The van der Waals surface area contributed by atoms with E-state index in [1.807, 2.05) is 18.2 Å². The van der Waals surface area contributed by atoms with Gasteiger partial charge in [0.1, 0.15) is 30.3 Å². The van der Waals surface area contributed by atoms with Crippen LogP contribution in [0, 0.1) is 5.82 Å². The number of benzene rings is 3. The summed E-state index contributed by atoms with van der Waals surface area (Å²) < 4.78 is 19.1. The van der Waals surface area contributed by atoms with Gasteiger partial charge in [-0.1, -0.05) is 23.7 Å². The van der Waals surface area contributed by atoms with Crippen LogP contribution in [0.3, 0.4) is 0 Å². The molecule has 0 aliphatic heterocycles. The molecule has 9 heteroatoms. The van der Waals surface area contributed by atoms with E-state index >= 15 is 0 Å². The second-order valence-corrected chi connectivity index (χ2v) is 7.95. The fraction of sp³-hybridized carbons (Fsp3) is 0.160. The number of anilines is 3. The molecule has 0 bridgehead atoms. The Morgan fingerprint density at radius 3 is 2.71 bits per heavy atom. The minimum Gasteiger partial charge on any atom is -0.487 e. The van der Waals surface area contributed by atoms with Gasteiger partial charge in [-0.3, -0.25) is 4.79 Å². The number of aromatic nitrogens is 2. The lowest BCUT2D eigenvalue weighted by molar-refractivity contribution is -0.116. The minimum atomic E-state index is -0.315. The van der Waals surface area contributed by atoms with Crippen molar-refractivity contribution in [3.63, 3.8) is 0 Å². The lowest BCUT2D eigenvalue weighted by Gasteiger charge is -2.13. The Bertz CT molecular complexity index is 1320. The SMILES string of the molecule is CNCCC(=O)Nc1ccc2ncnc(Nc3ccc(OCc4cccc(F)c4)c(Cl)c3)c2c1. The van der Waals surface area contributed by atoms with Crippen LogP contribution in [-0.2, 0) is 11.4 Å². The number of hydrogen-bond acceptors (Lipinski definition) is 6. The van der Waals surface area contributed by atoms with E-state index in [9.17, 15) is 9.18 Å². The van der Waals surface area contributed by atoms with E-state index in [1.54, 1.807) is 37.4 Å². The van der Waals surface area contributed by atoms with E-state index in [0.29, 0.717) is 46.5 Å². The van der Waals surface area contributed by atoms with Crippen LogP contribution in [0.5, 0.6) is 5.75 Å². The summed E-state index contributed by atoms with van der Waals surface area (Å²) in [6.07, 6.45) is 1.84. The third-order valence-electron chi connectivity index (χ3n) is 5.00. The van der Waals surface area contributed by atoms with Gasteiger partial charge in [-0.15, -0.1) is 0 Å². The van der Waals surface area contributed by atoms with Crippen LogP contribution in [0.2, 0.25) is 5.02 Å². The van der Waals surface area contributed by atoms with E-state index in [2.05, 4.69) is 25.9 Å². The summed E-state index contributed by atoms with van der Waals surface area (Å²) in [5.41, 5.74) is 2.79. The molecule has 7 nitrogen and oxygen atoms in total. The number of carbonyl (C=O) groups excluding carboxylic acids is 1. The first-order valence-corrected chi connectivity index (χ1v) is 11.0. The first-order chi connectivity index (χ1) is 16.5. The summed E-state index contributed by atoms with van der Waals surface area (Å²) >= 11 is 6.41. The van der Waals surface area contributed by atoms with Crippen molar-refractivity contribution in [3.05, 3.63) is 83.4 Å². The lowest BCUT2D eigenvalue weighted by atomic mass is 10.2. The molecule has 4 aromatic rings. The normalized spacial score (nSPS) is 10.8. The molecule has 3 N–H and O–H groups in total. The van der Waals surface area contributed by atoms with Crippen LogP contribution in [0.4, 0.5) is 21.6 Å². The van der Waals surface area contributed by atoms with Crippen LogP contribution in [0.25, 0.3) is 10.9 Å². The maximum atomic E-state index is 13.4. The second kappa shape index (κ2) is 10.9. The van der Waals surface area contributed by atoms with Gasteiger partial charge in [0.25, 0.3) is 0 Å². The van der Waals surface area contributed by atoms with Crippen LogP contribution in [0.15, 0.2) is 67.0 Å². The Labute approximate surface area is 201 Å². The lowest BCUT2D eigenvalue weighted by Crippen LogP contribution is -2.18. The topological polar surface area (TPSA) is 88.2 Å². The molecule has 0 unspecified atom stereocenters. The van der Waals surface area contributed by atoms with Crippen molar-refractivity contribution in [2.45, 2.75) is 13.0 Å². The number of fused-ring (bicyclic) bond motifs is 1. The molecule has 34 heavy (non-hydrogen) atoms. The molecule has 1 aromatic heterocycles. The molecule has 0 spiro atoms. The molecule has 0 atom stereocenters. The van der Waals surface area contributed by atoms with Crippen LogP contribution < -0.4 is 20.7 Å². The third kappa shape index (κ3) is 5.98. The molecule has 0 saturated heterocycles. The Balaban J connectivity index is 1.49. The van der Waals surface area contributed by atoms with Crippen molar-refractivity contribution in [1.82, 2.24) is 15.3 Å². The van der Waals surface area contributed by atoms with Gasteiger partial charge < -0.3 is 20.7 Å². The predicted molar refractivity (Wildman–Crippen MR) is 132 cm³/mol. The fourth-order valence-electron chi connectivity index (χ4n) is 3.32. The highest BCUT2D eigenvalue weighted by molar-refractivity contribution is 6.32. The minimum absolute atomic E-state index is 0.0827. The van der Waals surface area contributed by atoms with E-state index < -0.39 is 0 Å². The number of carbonyl (C=O) groups is 1. The summed E-state index contributed by atoms with van der Waals surface area (Å²) in [5, 5.41) is 10.2. The van der Waals surface area contributed by atoms with E-state index in [0.717, 1.165) is 10.9 Å². The van der Waals surface area contributed by atoms with Gasteiger partial charge in [-0.2, -0.15) is 0 Å². The highest BCUT2D eigenvalue weighted by Gasteiger charge is 2.10. The number of ether oxygens (including phenoxy) is 1. The first-order valence-electron chi connectivity index (χ1n) is 10.6. The van der Waals surface area contributed by atoms with E-state index in [1.165, 1.54) is 18.5 Å². The zero-order chi connectivity index (χ0) is 23.9. The molecule has 3 aromatic carbocycles. The van der Waals surface area contributed by atoms with Gasteiger partial charge >= 0.3 is 0 Å². The standard InChI is InChI=1S/C25H23ClFN5O2/c1-28-10-9-24(33)31-18-5-7-22-20(12-18)25(30-15-29-22)32-19-6-8-23(21(26)13-19)34-14-16-3-2-4-17(27)11-16/h2-8,11-13,15,28H,9-10,14H2,1H3,(H,31,33)(H,29,30,32). The van der Waals surface area contributed by atoms with Gasteiger partial charge in [0.2, 0.25) is 5.91 Å². The zero-order valence-electron chi connectivity index (χ0n) is 18.4. The van der Waals surface area contributed by atoms with Gasteiger partial charge in [-0.25, -0.2) is 14.4 Å². The van der Waals surface area contributed by atoms with Gasteiger partial charge in [0.15, 0.2) is 0 Å². The van der Waals surface area contributed by atoms with Gasteiger partial charge in [0, 0.05) is 29.7 Å². The fourth-order valence-corrected chi connectivity index (χ4v) is 3.55. The molecule has 174 valence electrons. The number of rotatable bonds is 9. The maximum absolute atomic E-state index is 13.4. The summed E-state index contributed by atoms with van der Waals surface area (Å²) in [6.45, 7) is 0.793. The Hall–Kier alpha value is -3.75. The molecule has 0 aliphatic rings. The second-order valence-electron chi connectivity index (χ2n) is 7.54. The molecular formula is C25H23ClFN5O2. The summed E-state index contributed by atoms with van der Waals surface area (Å²) in [7, 11) is 1.80. The summed E-state index contributed by atoms with van der Waals surface area (Å²) in [4.78, 5) is 20.7. The Morgan fingerprint density at radius 1 is 1.06 bits per heavy atom. The molecule has 0 radical (unpaired) electrons. The van der Waals surface area contributed by atoms with Crippen LogP contribution >= 0.6 is 11.6 Å². The Kier molecular flexibility index (Phi) is 7.51. The molecule has 0 aliphatic carbocycles. The third-order valence-corrected chi connectivity index (χ3v) is 5.29. The quantitative estimate of drug-likeness (QED) is 0.302. The van der Waals surface area contributed by atoms with Crippen molar-refractivity contribution in [2.24, 2.45) is 0 Å². The predicted octanol–water partition coefficient (Wildman–Crippen LogP) is 5.29. The monoisotopic (exact) mass is 479 g/mol. The number of nitrogens with one attached hydrogen (secondary N) is 3. The molecule has 4 rings (SSSR count). The molecular weight excluding hydrogens is 457 g/mol. The van der Waals surface area contributed by atoms with Crippen molar-refractivity contribution < 1.29 is 13.9 Å². The molecule has 1 heterocycles. The molecule has 0 fully saturated rings. The number of nitrogens with zero attached hydrogens (tertiary/aromatic N) is 2. The summed E-state index contributed by atoms with van der Waals surface area (Å²) in [6, 6.07) is 16.9. The van der Waals surface area contributed by atoms with Crippen molar-refractivity contribution in [1.29, 1.82) is 0 Å². The zero-order valence-corrected chi connectivity index (χ0v) is 19.2. The highest BCUT2D eigenvalue weighted by atomic mass is 35.5. The van der Waals surface area contributed by atoms with Gasteiger partial charge in [-0.05, 0) is 61.1 Å². The van der Waals surface area contributed by atoms with E-state index in [4.69, 9.17) is 16.3 Å². The number of amides is 1. The van der Waals surface area contributed by atoms with E-state index in [-0.39, 0.29) is 18.3 Å². The highest BCUT2D eigenvalue weighted by Crippen LogP contribution is 2.31. The largest absolute Gasteiger partial charge is 0.487 e.